The van der Waals surface area contributed by atoms with Crippen molar-refractivity contribution in [3.8, 4) is 0 Å². The zero-order valence-electron chi connectivity index (χ0n) is 16.5. The molecule has 1 amide bonds. The van der Waals surface area contributed by atoms with Crippen molar-refractivity contribution in [2.45, 2.75) is 25.9 Å². The number of nitrogens with one attached hydrogen (secondary N) is 2. The van der Waals surface area contributed by atoms with Gasteiger partial charge in [0, 0.05) is 17.0 Å². The summed E-state index contributed by atoms with van der Waals surface area (Å²) >= 11 is 6.14. The van der Waals surface area contributed by atoms with E-state index in [-0.39, 0.29) is 18.3 Å². The van der Waals surface area contributed by atoms with Crippen LogP contribution < -0.4 is 10.6 Å². The second-order valence-electron chi connectivity index (χ2n) is 7.39. The van der Waals surface area contributed by atoms with Gasteiger partial charge in [0.1, 0.15) is 11.6 Å². The summed E-state index contributed by atoms with van der Waals surface area (Å²) in [7, 11) is 0. The molecule has 0 unspecified atom stereocenters. The van der Waals surface area contributed by atoms with E-state index in [0.29, 0.717) is 35.3 Å². The van der Waals surface area contributed by atoms with E-state index in [0.717, 1.165) is 36.9 Å². The smallest absolute Gasteiger partial charge is 0.234 e. The fourth-order valence-corrected chi connectivity index (χ4v) is 3.70. The van der Waals surface area contributed by atoms with E-state index in [2.05, 4.69) is 25.5 Å². The van der Waals surface area contributed by atoms with Gasteiger partial charge in [0.2, 0.25) is 5.91 Å². The van der Waals surface area contributed by atoms with Crippen LogP contribution in [-0.4, -0.2) is 40.4 Å². The van der Waals surface area contributed by atoms with Crippen molar-refractivity contribution < 1.29 is 9.18 Å². The van der Waals surface area contributed by atoms with Gasteiger partial charge in [-0.15, -0.1) is 0 Å². The molecule has 8 heteroatoms. The van der Waals surface area contributed by atoms with Crippen molar-refractivity contribution in [2.24, 2.45) is 0 Å². The molecule has 0 atom stereocenters. The number of nitrogens with zero attached hydrogens (tertiary/aromatic N) is 3. The number of carbonyl (C=O) groups excluding carboxylic acids is 1. The van der Waals surface area contributed by atoms with Gasteiger partial charge in [-0.2, -0.15) is 0 Å². The van der Waals surface area contributed by atoms with Crippen LogP contribution in [0.25, 0.3) is 10.9 Å². The predicted molar refractivity (Wildman–Crippen MR) is 116 cm³/mol. The van der Waals surface area contributed by atoms with Gasteiger partial charge in [0.25, 0.3) is 0 Å². The topological polar surface area (TPSA) is 70.2 Å². The highest BCUT2D eigenvalue weighted by Crippen LogP contribution is 2.24. The second kappa shape index (κ2) is 9.36. The van der Waals surface area contributed by atoms with E-state index in [1.165, 1.54) is 12.1 Å². The highest BCUT2D eigenvalue weighted by molar-refractivity contribution is 6.31. The Bertz CT molecular complexity index is 1040. The minimum atomic E-state index is -0.271. The van der Waals surface area contributed by atoms with E-state index >= 15 is 0 Å². The quantitative estimate of drug-likeness (QED) is 0.601. The van der Waals surface area contributed by atoms with Crippen LogP contribution in [0.3, 0.4) is 0 Å². The van der Waals surface area contributed by atoms with E-state index < -0.39 is 0 Å². The number of aromatic nitrogens is 2. The average molecular weight is 428 g/mol. The van der Waals surface area contributed by atoms with Crippen LogP contribution in [0.2, 0.25) is 5.02 Å². The van der Waals surface area contributed by atoms with Gasteiger partial charge in [0.15, 0.2) is 5.82 Å². The highest BCUT2D eigenvalue weighted by Gasteiger charge is 2.15. The monoisotopic (exact) mass is 427 g/mol. The average Bonchev–Trinajstić information content (AvgIpc) is 3.24. The Morgan fingerprint density at radius 2 is 1.83 bits per heavy atom. The lowest BCUT2D eigenvalue weighted by Gasteiger charge is -2.15. The molecule has 0 spiro atoms. The molecule has 0 radical (unpaired) electrons. The number of hydrogen-bond donors (Lipinski definition) is 2. The molecule has 1 aliphatic rings. The summed E-state index contributed by atoms with van der Waals surface area (Å²) in [5.41, 5.74) is 1.63. The third-order valence-corrected chi connectivity index (χ3v) is 5.32. The normalized spacial score (nSPS) is 14.2. The van der Waals surface area contributed by atoms with Crippen molar-refractivity contribution in [2.75, 3.05) is 25.0 Å². The van der Waals surface area contributed by atoms with Gasteiger partial charge in [-0.3, -0.25) is 9.69 Å². The minimum absolute atomic E-state index is 0.0347. The lowest BCUT2D eigenvalue weighted by Crippen LogP contribution is -2.35. The number of hydrogen-bond acceptors (Lipinski definition) is 5. The Labute approximate surface area is 179 Å². The summed E-state index contributed by atoms with van der Waals surface area (Å²) in [6.45, 7) is 3.05. The number of anilines is 1. The first-order valence-corrected chi connectivity index (χ1v) is 10.4. The number of rotatable bonds is 7. The molecule has 6 nitrogen and oxygen atoms in total. The largest absolute Gasteiger partial charge is 0.365 e. The Morgan fingerprint density at radius 1 is 1.07 bits per heavy atom. The van der Waals surface area contributed by atoms with Gasteiger partial charge in [-0.05, 0) is 61.8 Å². The summed E-state index contributed by atoms with van der Waals surface area (Å²) in [5, 5.41) is 7.60. The molecule has 1 saturated heterocycles. The first-order valence-electron chi connectivity index (χ1n) is 10.0. The van der Waals surface area contributed by atoms with E-state index in [9.17, 15) is 9.18 Å². The first-order chi connectivity index (χ1) is 14.6. The summed E-state index contributed by atoms with van der Waals surface area (Å²) < 4.78 is 13.1. The lowest BCUT2D eigenvalue weighted by molar-refractivity contribution is -0.122. The Kier molecular flexibility index (Phi) is 6.40. The fourth-order valence-electron chi connectivity index (χ4n) is 3.53. The SMILES string of the molecule is O=C(CN1CCCC1)NCc1nc(NCc2ccc(F)cc2)c2ccc(Cl)cc2n1. The van der Waals surface area contributed by atoms with Crippen molar-refractivity contribution in [3.63, 3.8) is 0 Å². The highest BCUT2D eigenvalue weighted by atomic mass is 35.5. The molecule has 156 valence electrons. The summed E-state index contributed by atoms with van der Waals surface area (Å²) in [4.78, 5) is 23.5. The summed E-state index contributed by atoms with van der Waals surface area (Å²) in [6.07, 6.45) is 2.29. The number of amides is 1. The van der Waals surface area contributed by atoms with Crippen LogP contribution in [0.15, 0.2) is 42.5 Å². The number of likely N-dealkylation sites (tertiary alicyclic amines) is 1. The Balaban J connectivity index is 1.49. The molecule has 2 heterocycles. The van der Waals surface area contributed by atoms with Crippen LogP contribution >= 0.6 is 11.6 Å². The van der Waals surface area contributed by atoms with Crippen LogP contribution in [0.1, 0.15) is 24.2 Å². The Morgan fingerprint density at radius 3 is 2.60 bits per heavy atom. The molecular formula is C22H23ClFN5O. The third-order valence-electron chi connectivity index (χ3n) is 5.09. The predicted octanol–water partition coefficient (Wildman–Crippen LogP) is 3.75. The standard InChI is InChI=1S/C22H23ClFN5O/c23-16-5-8-18-19(11-16)27-20(13-25-21(30)14-29-9-1-2-10-29)28-22(18)26-12-15-3-6-17(24)7-4-15/h3-8,11H,1-2,9-10,12-14H2,(H,25,30)(H,26,27,28). The lowest BCUT2D eigenvalue weighted by atomic mass is 10.2. The zero-order valence-corrected chi connectivity index (χ0v) is 17.3. The molecule has 1 fully saturated rings. The molecule has 2 aromatic carbocycles. The zero-order chi connectivity index (χ0) is 20.9. The third kappa shape index (κ3) is 5.23. The maximum absolute atomic E-state index is 13.1. The number of carbonyl (C=O) groups is 1. The molecule has 3 aromatic rings. The molecule has 4 rings (SSSR count). The van der Waals surface area contributed by atoms with Crippen LogP contribution in [0.4, 0.5) is 10.2 Å². The van der Waals surface area contributed by atoms with Crippen molar-refractivity contribution in [1.29, 1.82) is 0 Å². The minimum Gasteiger partial charge on any atom is -0.365 e. The van der Waals surface area contributed by atoms with Crippen LogP contribution in [0, 0.1) is 5.82 Å². The van der Waals surface area contributed by atoms with Gasteiger partial charge in [-0.1, -0.05) is 23.7 Å². The van der Waals surface area contributed by atoms with Crippen LogP contribution in [-0.2, 0) is 17.9 Å². The van der Waals surface area contributed by atoms with Crippen molar-refractivity contribution in [1.82, 2.24) is 20.2 Å². The molecule has 1 aliphatic heterocycles. The van der Waals surface area contributed by atoms with Gasteiger partial charge in [0.05, 0.1) is 18.6 Å². The molecule has 0 bridgehead atoms. The number of fused-ring (bicyclic) bond motifs is 1. The summed E-state index contributed by atoms with van der Waals surface area (Å²) in [6, 6.07) is 11.7. The van der Waals surface area contributed by atoms with Gasteiger partial charge >= 0.3 is 0 Å². The molecule has 0 aliphatic carbocycles. The molecular weight excluding hydrogens is 405 g/mol. The van der Waals surface area contributed by atoms with Crippen LogP contribution in [0.5, 0.6) is 0 Å². The van der Waals surface area contributed by atoms with E-state index in [1.807, 2.05) is 6.07 Å². The molecule has 1 aromatic heterocycles. The van der Waals surface area contributed by atoms with E-state index in [1.54, 1.807) is 24.3 Å². The van der Waals surface area contributed by atoms with Crippen molar-refractivity contribution >= 4 is 34.2 Å². The fraction of sp³-hybridized carbons (Fsp3) is 0.318. The second-order valence-corrected chi connectivity index (χ2v) is 7.83. The molecule has 2 N–H and O–H groups in total. The van der Waals surface area contributed by atoms with E-state index in [4.69, 9.17) is 11.6 Å². The van der Waals surface area contributed by atoms with Gasteiger partial charge < -0.3 is 10.6 Å². The molecule has 30 heavy (non-hydrogen) atoms. The van der Waals surface area contributed by atoms with Crippen molar-refractivity contribution in [3.05, 3.63) is 64.7 Å². The maximum Gasteiger partial charge on any atom is 0.234 e. The molecule has 0 saturated carbocycles. The first kappa shape index (κ1) is 20.5. The summed E-state index contributed by atoms with van der Waals surface area (Å²) in [5.74, 6) is 0.839. The number of benzene rings is 2. The number of halogens is 2. The Hall–Kier alpha value is -2.77. The van der Waals surface area contributed by atoms with Gasteiger partial charge in [-0.25, -0.2) is 14.4 Å². The maximum atomic E-state index is 13.1.